The summed E-state index contributed by atoms with van der Waals surface area (Å²) in [7, 11) is 1.51. The van der Waals surface area contributed by atoms with Crippen molar-refractivity contribution >= 4 is 18.1 Å². The third-order valence-electron chi connectivity index (χ3n) is 3.13. The van der Waals surface area contributed by atoms with Crippen LogP contribution < -0.4 is 0 Å². The Morgan fingerprint density at radius 2 is 1.65 bits per heavy atom. The van der Waals surface area contributed by atoms with Crippen molar-refractivity contribution in [2.24, 2.45) is 0 Å². The molecule has 0 aliphatic heterocycles. The standard InChI is InChI=1S/C17H30O9/c1-7-14(26-17(4,5)15(19)22-9-8-21-6)11-24-16(20)25-12(2)10-23-13(3)18/h12,14H,7-11H2,1-6H3. The summed E-state index contributed by atoms with van der Waals surface area (Å²) in [5.41, 5.74) is -1.20. The molecular weight excluding hydrogens is 348 g/mol. The van der Waals surface area contributed by atoms with Crippen LogP contribution in [0.1, 0.15) is 41.0 Å². The van der Waals surface area contributed by atoms with E-state index in [1.807, 2.05) is 6.92 Å². The molecule has 2 unspecified atom stereocenters. The summed E-state index contributed by atoms with van der Waals surface area (Å²) in [5.74, 6) is -1.00. The van der Waals surface area contributed by atoms with Crippen molar-refractivity contribution < 1.29 is 42.8 Å². The lowest BCUT2D eigenvalue weighted by atomic mass is 10.1. The van der Waals surface area contributed by atoms with E-state index in [0.29, 0.717) is 13.0 Å². The molecule has 0 aromatic rings. The monoisotopic (exact) mass is 378 g/mol. The van der Waals surface area contributed by atoms with Crippen LogP contribution in [0.15, 0.2) is 0 Å². The SMILES string of the molecule is CCC(COC(=O)OC(C)COC(C)=O)OC(C)(C)C(=O)OCCOC. The molecule has 152 valence electrons. The Labute approximate surface area is 154 Å². The van der Waals surface area contributed by atoms with E-state index in [2.05, 4.69) is 0 Å². The number of carbonyl (C=O) groups excluding carboxylic acids is 3. The smallest absolute Gasteiger partial charge is 0.462 e. The number of esters is 2. The highest BCUT2D eigenvalue weighted by molar-refractivity contribution is 5.78. The Hall–Kier alpha value is -1.87. The van der Waals surface area contributed by atoms with Gasteiger partial charge in [-0.05, 0) is 27.2 Å². The topological polar surface area (TPSA) is 107 Å². The molecule has 0 saturated carbocycles. The van der Waals surface area contributed by atoms with Crippen LogP contribution in [0.25, 0.3) is 0 Å². The van der Waals surface area contributed by atoms with E-state index >= 15 is 0 Å². The number of ether oxygens (including phenoxy) is 6. The zero-order chi connectivity index (χ0) is 20.2. The summed E-state index contributed by atoms with van der Waals surface area (Å²) in [5, 5.41) is 0. The summed E-state index contributed by atoms with van der Waals surface area (Å²) < 4.78 is 30.2. The lowest BCUT2D eigenvalue weighted by Gasteiger charge is -2.28. The molecule has 0 heterocycles. The van der Waals surface area contributed by atoms with Gasteiger partial charge in [0, 0.05) is 14.0 Å². The van der Waals surface area contributed by atoms with Crippen LogP contribution in [-0.4, -0.2) is 69.4 Å². The van der Waals surface area contributed by atoms with Crippen LogP contribution in [0.4, 0.5) is 4.79 Å². The minimum atomic E-state index is -1.20. The molecule has 0 amide bonds. The molecule has 0 fully saturated rings. The summed E-state index contributed by atoms with van der Waals surface area (Å²) in [6, 6.07) is 0. The minimum absolute atomic E-state index is 0.0571. The maximum atomic E-state index is 12.0. The molecule has 0 aliphatic carbocycles. The number of methoxy groups -OCH3 is 1. The van der Waals surface area contributed by atoms with Crippen molar-refractivity contribution in [2.75, 3.05) is 33.5 Å². The van der Waals surface area contributed by atoms with Gasteiger partial charge in [-0.15, -0.1) is 0 Å². The summed E-state index contributed by atoms with van der Waals surface area (Å²) in [6.07, 6.45) is -1.56. The third-order valence-corrected chi connectivity index (χ3v) is 3.13. The van der Waals surface area contributed by atoms with Crippen LogP contribution in [0.2, 0.25) is 0 Å². The lowest BCUT2D eigenvalue weighted by Crippen LogP contribution is -2.42. The normalized spacial score (nSPS) is 13.5. The fraction of sp³-hybridized carbons (Fsp3) is 0.824. The first-order valence-corrected chi connectivity index (χ1v) is 8.43. The maximum absolute atomic E-state index is 12.0. The molecule has 0 aromatic heterocycles. The van der Waals surface area contributed by atoms with Gasteiger partial charge in [0.05, 0.1) is 12.7 Å². The average Bonchev–Trinajstić information content (AvgIpc) is 2.56. The minimum Gasteiger partial charge on any atom is -0.462 e. The predicted molar refractivity (Wildman–Crippen MR) is 90.6 cm³/mol. The van der Waals surface area contributed by atoms with Gasteiger partial charge in [0.15, 0.2) is 5.60 Å². The van der Waals surface area contributed by atoms with E-state index in [-0.39, 0.29) is 19.8 Å². The van der Waals surface area contributed by atoms with Crippen LogP contribution in [0.3, 0.4) is 0 Å². The van der Waals surface area contributed by atoms with E-state index in [9.17, 15) is 14.4 Å². The van der Waals surface area contributed by atoms with Gasteiger partial charge >= 0.3 is 18.1 Å². The highest BCUT2D eigenvalue weighted by Gasteiger charge is 2.33. The van der Waals surface area contributed by atoms with E-state index < -0.39 is 35.9 Å². The second-order valence-corrected chi connectivity index (χ2v) is 6.08. The lowest BCUT2D eigenvalue weighted by molar-refractivity contribution is -0.179. The van der Waals surface area contributed by atoms with Gasteiger partial charge in [0.2, 0.25) is 0 Å². The number of hydrogen-bond donors (Lipinski definition) is 0. The molecule has 0 aromatic carbocycles. The van der Waals surface area contributed by atoms with Gasteiger partial charge in [-0.3, -0.25) is 4.79 Å². The summed E-state index contributed by atoms with van der Waals surface area (Å²) in [4.78, 5) is 34.4. The van der Waals surface area contributed by atoms with Crippen LogP contribution in [-0.2, 0) is 38.0 Å². The molecule has 2 atom stereocenters. The van der Waals surface area contributed by atoms with Gasteiger partial charge < -0.3 is 28.4 Å². The summed E-state index contributed by atoms with van der Waals surface area (Å²) >= 11 is 0. The molecule has 0 N–H and O–H groups in total. The number of hydrogen-bond acceptors (Lipinski definition) is 9. The van der Waals surface area contributed by atoms with Crippen LogP contribution in [0.5, 0.6) is 0 Å². The van der Waals surface area contributed by atoms with E-state index in [1.54, 1.807) is 20.8 Å². The molecule has 9 heteroatoms. The van der Waals surface area contributed by atoms with Crippen molar-refractivity contribution in [1.29, 1.82) is 0 Å². The Morgan fingerprint density at radius 1 is 1.00 bits per heavy atom. The zero-order valence-corrected chi connectivity index (χ0v) is 16.4. The van der Waals surface area contributed by atoms with Crippen LogP contribution in [0, 0.1) is 0 Å². The first-order valence-electron chi connectivity index (χ1n) is 8.43. The van der Waals surface area contributed by atoms with Gasteiger partial charge in [-0.1, -0.05) is 6.92 Å². The van der Waals surface area contributed by atoms with E-state index in [1.165, 1.54) is 14.0 Å². The fourth-order valence-electron chi connectivity index (χ4n) is 1.72. The quantitative estimate of drug-likeness (QED) is 0.286. The van der Waals surface area contributed by atoms with Gasteiger partial charge in [0.25, 0.3) is 0 Å². The molecule has 0 bridgehead atoms. The molecule has 0 rings (SSSR count). The molecule has 0 radical (unpaired) electrons. The maximum Gasteiger partial charge on any atom is 0.508 e. The van der Waals surface area contributed by atoms with Crippen molar-refractivity contribution in [1.82, 2.24) is 0 Å². The van der Waals surface area contributed by atoms with Gasteiger partial charge in [-0.2, -0.15) is 0 Å². The molecule has 26 heavy (non-hydrogen) atoms. The first kappa shape index (κ1) is 24.1. The Bertz CT molecular complexity index is 448. The highest BCUT2D eigenvalue weighted by Crippen LogP contribution is 2.17. The Balaban J connectivity index is 4.33. The van der Waals surface area contributed by atoms with Crippen LogP contribution >= 0.6 is 0 Å². The number of rotatable bonds is 12. The average molecular weight is 378 g/mol. The second kappa shape index (κ2) is 12.5. The Morgan fingerprint density at radius 3 is 2.19 bits per heavy atom. The summed E-state index contributed by atoms with van der Waals surface area (Å²) in [6.45, 7) is 8.07. The molecule has 0 spiro atoms. The first-order chi connectivity index (χ1) is 12.1. The van der Waals surface area contributed by atoms with Crippen molar-refractivity contribution in [2.45, 2.75) is 58.8 Å². The van der Waals surface area contributed by atoms with Gasteiger partial charge in [-0.25, -0.2) is 9.59 Å². The largest absolute Gasteiger partial charge is 0.508 e. The zero-order valence-electron chi connectivity index (χ0n) is 16.4. The van der Waals surface area contributed by atoms with E-state index in [4.69, 9.17) is 28.4 Å². The molecular formula is C17H30O9. The molecule has 9 nitrogen and oxygen atoms in total. The molecule has 0 aliphatic rings. The van der Waals surface area contributed by atoms with Crippen molar-refractivity contribution in [3.8, 4) is 0 Å². The fourth-order valence-corrected chi connectivity index (χ4v) is 1.72. The molecule has 0 saturated heterocycles. The van der Waals surface area contributed by atoms with Gasteiger partial charge in [0.1, 0.15) is 25.9 Å². The second-order valence-electron chi connectivity index (χ2n) is 6.08. The Kier molecular flexibility index (Phi) is 11.6. The highest BCUT2D eigenvalue weighted by atomic mass is 16.7. The third kappa shape index (κ3) is 10.9. The number of carbonyl (C=O) groups is 3. The van der Waals surface area contributed by atoms with Crippen molar-refractivity contribution in [3.05, 3.63) is 0 Å². The predicted octanol–water partition coefficient (Wildman–Crippen LogP) is 1.85. The van der Waals surface area contributed by atoms with E-state index in [0.717, 1.165) is 0 Å². The van der Waals surface area contributed by atoms with Crippen molar-refractivity contribution in [3.63, 3.8) is 0 Å².